The summed E-state index contributed by atoms with van der Waals surface area (Å²) >= 11 is 0. The van der Waals surface area contributed by atoms with E-state index in [0.717, 1.165) is 32.5 Å². The minimum atomic E-state index is 0.257. The summed E-state index contributed by atoms with van der Waals surface area (Å²) in [4.78, 5) is 15.0. The molecule has 4 heteroatoms. The summed E-state index contributed by atoms with van der Waals surface area (Å²) in [5.41, 5.74) is 2.94. The fraction of sp³-hybridized carbons (Fsp3) is 0.682. The summed E-state index contributed by atoms with van der Waals surface area (Å²) in [5, 5.41) is 6.92. The Morgan fingerprint density at radius 3 is 2.69 bits per heavy atom. The van der Waals surface area contributed by atoms with Gasteiger partial charge in [0, 0.05) is 44.2 Å². The number of hydrogen-bond donors (Lipinski definition) is 2. The quantitative estimate of drug-likeness (QED) is 0.825. The Bertz CT molecular complexity index is 620. The fourth-order valence-electron chi connectivity index (χ4n) is 5.27. The smallest absolute Gasteiger partial charge is 0.220 e. The third-order valence-electron chi connectivity index (χ3n) is 6.73. The van der Waals surface area contributed by atoms with E-state index in [9.17, 15) is 4.79 Å². The normalized spacial score (nSPS) is 29.2. The van der Waals surface area contributed by atoms with E-state index in [1.165, 1.54) is 36.8 Å². The highest BCUT2D eigenvalue weighted by atomic mass is 16.1. The number of hydrogen-bond acceptors (Lipinski definition) is 3. The van der Waals surface area contributed by atoms with Gasteiger partial charge in [0.05, 0.1) is 0 Å². The first-order valence-electron chi connectivity index (χ1n) is 10.5. The Kier molecular flexibility index (Phi) is 5.60. The molecular formula is C22H33N3O. The molecule has 0 saturated carbocycles. The van der Waals surface area contributed by atoms with Crippen molar-refractivity contribution < 1.29 is 4.79 Å². The van der Waals surface area contributed by atoms with Gasteiger partial charge in [-0.3, -0.25) is 9.69 Å². The maximum absolute atomic E-state index is 12.5. The summed E-state index contributed by atoms with van der Waals surface area (Å²) in [5.74, 6) is 0.836. The average Bonchev–Trinajstić information content (AvgIpc) is 3.00. The van der Waals surface area contributed by atoms with Crippen molar-refractivity contribution >= 4 is 5.91 Å². The highest BCUT2D eigenvalue weighted by molar-refractivity contribution is 5.76. The number of carbonyl (C=O) groups excluding carboxylic acids is 1. The first kappa shape index (κ1) is 18.0. The number of rotatable bonds is 6. The molecule has 2 N–H and O–H groups in total. The second kappa shape index (κ2) is 8.10. The Morgan fingerprint density at radius 1 is 1.23 bits per heavy atom. The fourth-order valence-corrected chi connectivity index (χ4v) is 5.27. The number of carbonyl (C=O) groups is 1. The SMILES string of the molecule is CCC(CNC(=O)CC1CC2CCC(C1)N2)N1CCc2ccccc2C1. The van der Waals surface area contributed by atoms with Crippen molar-refractivity contribution in [2.45, 2.75) is 76.5 Å². The van der Waals surface area contributed by atoms with E-state index in [2.05, 4.69) is 46.7 Å². The number of benzene rings is 1. The van der Waals surface area contributed by atoms with Gasteiger partial charge in [-0.1, -0.05) is 31.2 Å². The van der Waals surface area contributed by atoms with Gasteiger partial charge in [0.25, 0.3) is 0 Å². The van der Waals surface area contributed by atoms with Crippen LogP contribution < -0.4 is 10.6 Å². The van der Waals surface area contributed by atoms with Crippen LogP contribution in [0.1, 0.15) is 56.6 Å². The molecule has 2 fully saturated rings. The zero-order valence-electron chi connectivity index (χ0n) is 16.0. The lowest BCUT2D eigenvalue weighted by molar-refractivity contribution is -0.122. The molecule has 3 heterocycles. The lowest BCUT2D eigenvalue weighted by Crippen LogP contribution is -2.46. The molecule has 0 aliphatic carbocycles. The monoisotopic (exact) mass is 355 g/mol. The summed E-state index contributed by atoms with van der Waals surface area (Å²) in [6.45, 7) is 5.14. The first-order valence-corrected chi connectivity index (χ1v) is 10.5. The van der Waals surface area contributed by atoms with Crippen molar-refractivity contribution in [3.8, 4) is 0 Å². The van der Waals surface area contributed by atoms with Crippen LogP contribution in [0.3, 0.4) is 0 Å². The minimum absolute atomic E-state index is 0.257. The summed E-state index contributed by atoms with van der Waals surface area (Å²) < 4.78 is 0. The number of amides is 1. The number of nitrogens with zero attached hydrogens (tertiary/aromatic N) is 1. The molecule has 1 amide bonds. The Labute approximate surface area is 157 Å². The van der Waals surface area contributed by atoms with Gasteiger partial charge >= 0.3 is 0 Å². The third kappa shape index (κ3) is 4.12. The molecular weight excluding hydrogens is 322 g/mol. The lowest BCUT2D eigenvalue weighted by Gasteiger charge is -2.35. The van der Waals surface area contributed by atoms with Crippen LogP contribution in [0.5, 0.6) is 0 Å². The van der Waals surface area contributed by atoms with E-state index in [-0.39, 0.29) is 5.91 Å². The zero-order chi connectivity index (χ0) is 17.9. The van der Waals surface area contributed by atoms with Crippen LogP contribution in [0.15, 0.2) is 24.3 Å². The van der Waals surface area contributed by atoms with Crippen LogP contribution in [0, 0.1) is 5.92 Å². The minimum Gasteiger partial charge on any atom is -0.355 e. The van der Waals surface area contributed by atoms with Crippen molar-refractivity contribution in [1.82, 2.24) is 15.5 Å². The molecule has 0 aromatic heterocycles. The molecule has 0 spiro atoms. The summed E-state index contributed by atoms with van der Waals surface area (Å²) in [6, 6.07) is 10.6. The van der Waals surface area contributed by atoms with Crippen molar-refractivity contribution in [2.24, 2.45) is 5.92 Å². The summed E-state index contributed by atoms with van der Waals surface area (Å²) in [6.07, 6.45) is 7.90. The second-order valence-electron chi connectivity index (χ2n) is 8.53. The molecule has 1 aromatic carbocycles. The zero-order valence-corrected chi connectivity index (χ0v) is 16.0. The van der Waals surface area contributed by atoms with Gasteiger partial charge in [0.15, 0.2) is 0 Å². The Morgan fingerprint density at radius 2 is 1.96 bits per heavy atom. The van der Waals surface area contributed by atoms with Crippen LogP contribution in [0.2, 0.25) is 0 Å². The molecule has 4 nitrogen and oxygen atoms in total. The first-order chi connectivity index (χ1) is 12.7. The second-order valence-corrected chi connectivity index (χ2v) is 8.53. The molecule has 3 unspecified atom stereocenters. The molecule has 2 bridgehead atoms. The molecule has 142 valence electrons. The van der Waals surface area contributed by atoms with Crippen molar-refractivity contribution in [3.05, 3.63) is 35.4 Å². The van der Waals surface area contributed by atoms with Crippen LogP contribution in [-0.2, 0) is 17.8 Å². The molecule has 1 aromatic rings. The predicted molar refractivity (Wildman–Crippen MR) is 105 cm³/mol. The van der Waals surface area contributed by atoms with Gasteiger partial charge in [-0.25, -0.2) is 0 Å². The number of piperidine rings is 1. The van der Waals surface area contributed by atoms with E-state index in [1.807, 2.05) is 0 Å². The highest BCUT2D eigenvalue weighted by Crippen LogP contribution is 2.32. The van der Waals surface area contributed by atoms with Crippen LogP contribution >= 0.6 is 0 Å². The molecule has 26 heavy (non-hydrogen) atoms. The van der Waals surface area contributed by atoms with Crippen LogP contribution in [0.4, 0.5) is 0 Å². The predicted octanol–water partition coefficient (Wildman–Crippen LogP) is 2.86. The van der Waals surface area contributed by atoms with Crippen molar-refractivity contribution in [1.29, 1.82) is 0 Å². The number of nitrogens with one attached hydrogen (secondary N) is 2. The van der Waals surface area contributed by atoms with E-state index >= 15 is 0 Å². The third-order valence-corrected chi connectivity index (χ3v) is 6.73. The van der Waals surface area contributed by atoms with Crippen molar-refractivity contribution in [3.63, 3.8) is 0 Å². The van der Waals surface area contributed by atoms with Gasteiger partial charge in [-0.05, 0) is 55.6 Å². The van der Waals surface area contributed by atoms with Crippen LogP contribution in [0.25, 0.3) is 0 Å². The van der Waals surface area contributed by atoms with Crippen LogP contribution in [-0.4, -0.2) is 42.0 Å². The van der Waals surface area contributed by atoms with Gasteiger partial charge in [-0.2, -0.15) is 0 Å². The number of fused-ring (bicyclic) bond motifs is 3. The van der Waals surface area contributed by atoms with Gasteiger partial charge in [0.2, 0.25) is 5.91 Å². The van der Waals surface area contributed by atoms with E-state index in [4.69, 9.17) is 0 Å². The maximum Gasteiger partial charge on any atom is 0.220 e. The van der Waals surface area contributed by atoms with E-state index < -0.39 is 0 Å². The molecule has 2 saturated heterocycles. The largest absolute Gasteiger partial charge is 0.355 e. The van der Waals surface area contributed by atoms with E-state index in [1.54, 1.807) is 0 Å². The Balaban J connectivity index is 1.25. The molecule has 0 radical (unpaired) electrons. The van der Waals surface area contributed by atoms with Gasteiger partial charge in [0.1, 0.15) is 0 Å². The van der Waals surface area contributed by atoms with Gasteiger partial charge < -0.3 is 10.6 Å². The topological polar surface area (TPSA) is 44.4 Å². The molecule has 3 atom stereocenters. The summed E-state index contributed by atoms with van der Waals surface area (Å²) in [7, 11) is 0. The van der Waals surface area contributed by atoms with Crippen molar-refractivity contribution in [2.75, 3.05) is 13.1 Å². The average molecular weight is 356 g/mol. The molecule has 4 rings (SSSR count). The highest BCUT2D eigenvalue weighted by Gasteiger charge is 2.34. The maximum atomic E-state index is 12.5. The standard InChI is InChI=1S/C22H33N3O/c1-2-21(25-10-9-17-5-3-4-6-18(17)15-25)14-23-22(26)13-16-11-19-7-8-20(12-16)24-19/h3-6,16,19-21,24H,2,7-15H2,1H3,(H,23,26). The molecule has 3 aliphatic heterocycles. The molecule has 3 aliphatic rings. The van der Waals surface area contributed by atoms with E-state index in [0.29, 0.717) is 30.5 Å². The lowest BCUT2D eigenvalue weighted by atomic mass is 9.89. The van der Waals surface area contributed by atoms with Gasteiger partial charge in [-0.15, -0.1) is 0 Å². The Hall–Kier alpha value is -1.39.